The van der Waals surface area contributed by atoms with Crippen molar-refractivity contribution < 1.29 is 8.78 Å². The molecule has 3 rings (SSSR count). The maximum atomic E-state index is 13.1. The summed E-state index contributed by atoms with van der Waals surface area (Å²) in [6.45, 7) is -2.50. The molecule has 4 heteroatoms. The van der Waals surface area contributed by atoms with Gasteiger partial charge in [-0.25, -0.2) is 0 Å². The fraction of sp³-hybridized carbons (Fsp3) is 0.467. The lowest BCUT2D eigenvalue weighted by Gasteiger charge is -2.21. The Balaban J connectivity index is 2.14. The highest BCUT2D eigenvalue weighted by Gasteiger charge is 2.22. The molecule has 2 aromatic rings. The normalized spacial score (nSPS) is 17.4. The molecule has 0 amide bonds. The minimum Gasteiger partial charge on any atom is -0.399 e. The van der Waals surface area contributed by atoms with Crippen LogP contribution in [0.3, 0.4) is 0 Å². The summed E-state index contributed by atoms with van der Waals surface area (Å²) in [7, 11) is 0. The summed E-state index contributed by atoms with van der Waals surface area (Å²) in [5, 5.41) is 0.896. The van der Waals surface area contributed by atoms with Gasteiger partial charge >= 0.3 is 6.55 Å². The van der Waals surface area contributed by atoms with E-state index < -0.39 is 6.55 Å². The van der Waals surface area contributed by atoms with E-state index in [1.165, 1.54) is 19.3 Å². The number of hydrogen-bond donors (Lipinski definition) is 1. The van der Waals surface area contributed by atoms with Gasteiger partial charge in [-0.1, -0.05) is 19.3 Å². The van der Waals surface area contributed by atoms with Crippen molar-refractivity contribution in [3.63, 3.8) is 0 Å². The van der Waals surface area contributed by atoms with Crippen molar-refractivity contribution in [2.75, 3.05) is 5.73 Å². The van der Waals surface area contributed by atoms with Crippen LogP contribution >= 0.6 is 0 Å². The van der Waals surface area contributed by atoms with E-state index in [1.807, 2.05) is 6.07 Å². The Kier molecular flexibility index (Phi) is 3.17. The molecule has 0 saturated heterocycles. The van der Waals surface area contributed by atoms with E-state index in [0.717, 1.165) is 28.4 Å². The number of rotatable bonds is 2. The molecule has 0 bridgehead atoms. The van der Waals surface area contributed by atoms with Gasteiger partial charge in [-0.15, -0.1) is 0 Å². The van der Waals surface area contributed by atoms with Crippen molar-refractivity contribution in [2.45, 2.75) is 44.6 Å². The molecule has 0 unspecified atom stereocenters. The summed E-state index contributed by atoms with van der Waals surface area (Å²) in [5.74, 6) is 0.401. The van der Waals surface area contributed by atoms with E-state index in [2.05, 4.69) is 0 Å². The van der Waals surface area contributed by atoms with Crippen LogP contribution in [0.15, 0.2) is 24.4 Å². The van der Waals surface area contributed by atoms with Gasteiger partial charge in [0.25, 0.3) is 0 Å². The Hall–Kier alpha value is -1.58. The topological polar surface area (TPSA) is 30.9 Å². The largest absolute Gasteiger partial charge is 0.399 e. The van der Waals surface area contributed by atoms with E-state index in [4.69, 9.17) is 5.73 Å². The number of nitrogens with two attached hydrogens (primary N) is 1. The number of alkyl halides is 2. The maximum absolute atomic E-state index is 13.1. The van der Waals surface area contributed by atoms with E-state index in [9.17, 15) is 8.78 Å². The van der Waals surface area contributed by atoms with Crippen LogP contribution in [0, 0.1) is 0 Å². The molecule has 1 heterocycles. The molecular formula is C15H18F2N2. The SMILES string of the molecule is Nc1ccc2c(c1)c(C1CCCCC1)cn2C(F)F. The fourth-order valence-electron chi connectivity index (χ4n) is 3.20. The van der Waals surface area contributed by atoms with Crippen LogP contribution in [0.5, 0.6) is 0 Å². The van der Waals surface area contributed by atoms with Crippen molar-refractivity contribution >= 4 is 16.6 Å². The van der Waals surface area contributed by atoms with Crippen molar-refractivity contribution in [1.82, 2.24) is 4.57 Å². The van der Waals surface area contributed by atoms with Gasteiger partial charge in [0, 0.05) is 17.3 Å². The Morgan fingerprint density at radius 2 is 1.89 bits per heavy atom. The summed E-state index contributed by atoms with van der Waals surface area (Å²) >= 11 is 0. The molecule has 0 radical (unpaired) electrons. The van der Waals surface area contributed by atoms with E-state index in [-0.39, 0.29) is 0 Å². The number of hydrogen-bond acceptors (Lipinski definition) is 1. The van der Waals surface area contributed by atoms with Crippen molar-refractivity contribution in [2.24, 2.45) is 0 Å². The van der Waals surface area contributed by atoms with Gasteiger partial charge in [0.15, 0.2) is 0 Å². The average molecular weight is 264 g/mol. The summed E-state index contributed by atoms with van der Waals surface area (Å²) in [6, 6.07) is 5.22. The molecular weight excluding hydrogens is 246 g/mol. The van der Waals surface area contributed by atoms with Crippen molar-refractivity contribution in [3.8, 4) is 0 Å². The molecule has 2 N–H and O–H groups in total. The second-order valence-electron chi connectivity index (χ2n) is 5.38. The monoisotopic (exact) mass is 264 g/mol. The lowest BCUT2D eigenvalue weighted by molar-refractivity contribution is 0.0750. The fourth-order valence-corrected chi connectivity index (χ4v) is 3.20. The van der Waals surface area contributed by atoms with Crippen LogP contribution in [0.4, 0.5) is 14.5 Å². The van der Waals surface area contributed by atoms with Gasteiger partial charge in [-0.05, 0) is 42.5 Å². The van der Waals surface area contributed by atoms with Gasteiger partial charge in [0.1, 0.15) is 0 Å². The minimum absolute atomic E-state index is 0.401. The summed E-state index contributed by atoms with van der Waals surface area (Å²) in [5.41, 5.74) is 8.08. The second-order valence-corrected chi connectivity index (χ2v) is 5.38. The lowest BCUT2D eigenvalue weighted by Crippen LogP contribution is -2.04. The average Bonchev–Trinajstić information content (AvgIpc) is 2.78. The molecule has 2 nitrogen and oxygen atoms in total. The van der Waals surface area contributed by atoms with Crippen LogP contribution in [0.25, 0.3) is 10.9 Å². The number of nitrogen functional groups attached to an aromatic ring is 1. The summed E-state index contributed by atoms with van der Waals surface area (Å²) in [6.07, 6.45) is 7.45. The molecule has 1 saturated carbocycles. The second kappa shape index (κ2) is 4.83. The quantitative estimate of drug-likeness (QED) is 0.785. The van der Waals surface area contributed by atoms with Crippen LogP contribution in [-0.4, -0.2) is 4.57 Å². The number of nitrogens with zero attached hydrogens (tertiary/aromatic N) is 1. The maximum Gasteiger partial charge on any atom is 0.319 e. The van der Waals surface area contributed by atoms with E-state index in [1.54, 1.807) is 18.3 Å². The van der Waals surface area contributed by atoms with Crippen LogP contribution < -0.4 is 5.73 Å². The minimum atomic E-state index is -2.50. The molecule has 1 fully saturated rings. The smallest absolute Gasteiger partial charge is 0.319 e. The zero-order valence-electron chi connectivity index (χ0n) is 10.8. The first-order chi connectivity index (χ1) is 9.16. The molecule has 1 aromatic carbocycles. The zero-order chi connectivity index (χ0) is 13.4. The first-order valence-corrected chi connectivity index (χ1v) is 6.85. The van der Waals surface area contributed by atoms with Crippen molar-refractivity contribution in [3.05, 3.63) is 30.0 Å². The third-order valence-corrected chi connectivity index (χ3v) is 4.14. The lowest BCUT2D eigenvalue weighted by atomic mass is 9.84. The van der Waals surface area contributed by atoms with Gasteiger partial charge in [-0.3, -0.25) is 4.57 Å². The Bertz CT molecular complexity index is 583. The number of anilines is 1. The number of halogens is 2. The molecule has 1 aromatic heterocycles. The highest BCUT2D eigenvalue weighted by atomic mass is 19.3. The highest BCUT2D eigenvalue weighted by molar-refractivity contribution is 5.87. The Morgan fingerprint density at radius 1 is 1.16 bits per heavy atom. The van der Waals surface area contributed by atoms with Crippen LogP contribution in [0.1, 0.15) is 50.1 Å². The molecule has 0 atom stereocenters. The third-order valence-electron chi connectivity index (χ3n) is 4.14. The van der Waals surface area contributed by atoms with Gasteiger partial charge in [-0.2, -0.15) is 8.78 Å². The van der Waals surface area contributed by atoms with Crippen molar-refractivity contribution in [1.29, 1.82) is 0 Å². The molecule has 1 aliphatic rings. The summed E-state index contributed by atoms with van der Waals surface area (Å²) < 4.78 is 27.3. The highest BCUT2D eigenvalue weighted by Crippen LogP contribution is 2.39. The standard InChI is InChI=1S/C15H18F2N2/c16-15(17)19-9-13(10-4-2-1-3-5-10)12-8-11(18)6-7-14(12)19/h6-10,15H,1-5,18H2. The van der Waals surface area contributed by atoms with E-state index in [0.29, 0.717) is 17.1 Å². The van der Waals surface area contributed by atoms with Crippen LogP contribution in [-0.2, 0) is 0 Å². The first kappa shape index (κ1) is 12.5. The third kappa shape index (κ3) is 2.20. The summed E-state index contributed by atoms with van der Waals surface area (Å²) in [4.78, 5) is 0. The number of aromatic nitrogens is 1. The van der Waals surface area contributed by atoms with Gasteiger partial charge in [0.05, 0.1) is 5.52 Å². The molecule has 102 valence electrons. The molecule has 0 aliphatic heterocycles. The zero-order valence-corrected chi connectivity index (χ0v) is 10.8. The number of fused-ring (bicyclic) bond motifs is 1. The van der Waals surface area contributed by atoms with Gasteiger partial charge in [0.2, 0.25) is 0 Å². The molecule has 1 aliphatic carbocycles. The predicted molar refractivity (Wildman–Crippen MR) is 73.4 cm³/mol. The number of benzene rings is 1. The predicted octanol–water partition coefficient (Wildman–Crippen LogP) is 4.67. The Morgan fingerprint density at radius 3 is 2.58 bits per heavy atom. The molecule has 19 heavy (non-hydrogen) atoms. The van der Waals surface area contributed by atoms with Gasteiger partial charge < -0.3 is 5.73 Å². The first-order valence-electron chi connectivity index (χ1n) is 6.85. The Labute approximate surface area is 111 Å². The molecule has 0 spiro atoms. The van der Waals surface area contributed by atoms with E-state index >= 15 is 0 Å². The van der Waals surface area contributed by atoms with Crippen LogP contribution in [0.2, 0.25) is 0 Å².